The van der Waals surface area contributed by atoms with Gasteiger partial charge in [-0.1, -0.05) is 0 Å². The van der Waals surface area contributed by atoms with Gasteiger partial charge in [-0.3, -0.25) is 24.4 Å². The van der Waals surface area contributed by atoms with E-state index in [4.69, 9.17) is 38.9 Å². The Morgan fingerprint density at radius 1 is 0.686 bits per heavy atom. The van der Waals surface area contributed by atoms with Gasteiger partial charge in [0.25, 0.3) is 0 Å². The number of aliphatic hydroxyl groups is 2. The number of nitrogens with one attached hydrogen (secondary N) is 3. The van der Waals surface area contributed by atoms with Crippen molar-refractivity contribution in [2.75, 3.05) is 26.3 Å². The van der Waals surface area contributed by atoms with Gasteiger partial charge in [0, 0.05) is 13.1 Å². The average molecular weight is 505 g/mol. The Balaban J connectivity index is 5.25. The van der Waals surface area contributed by atoms with Gasteiger partial charge in [0.05, 0.1) is 19.3 Å². The molecule has 3 amide bonds. The van der Waals surface area contributed by atoms with E-state index < -0.39 is 61.1 Å². The number of guanidine groups is 2. The summed E-state index contributed by atoms with van der Waals surface area (Å²) < 4.78 is 0. The van der Waals surface area contributed by atoms with Crippen LogP contribution in [0.3, 0.4) is 0 Å². The van der Waals surface area contributed by atoms with Gasteiger partial charge in [0.15, 0.2) is 11.9 Å². The maximum Gasteiger partial charge on any atom is 0.328 e. The molecule has 4 unspecified atom stereocenters. The summed E-state index contributed by atoms with van der Waals surface area (Å²) in [5.74, 6) is -4.33. The maximum atomic E-state index is 12.8. The van der Waals surface area contributed by atoms with Crippen molar-refractivity contribution in [3.8, 4) is 0 Å². The second kappa shape index (κ2) is 16.8. The van der Waals surface area contributed by atoms with Gasteiger partial charge in [-0.25, -0.2) is 4.79 Å². The number of aliphatic carboxylic acids is 1. The van der Waals surface area contributed by atoms with Gasteiger partial charge in [0.2, 0.25) is 17.7 Å². The highest BCUT2D eigenvalue weighted by atomic mass is 16.4. The molecule has 4 atom stereocenters. The Bertz CT molecular complexity index is 769. The molecule has 0 aromatic carbocycles. The van der Waals surface area contributed by atoms with Crippen molar-refractivity contribution in [2.24, 2.45) is 38.7 Å². The Morgan fingerprint density at radius 2 is 1.11 bits per heavy atom. The second-order valence-electron chi connectivity index (χ2n) is 7.39. The van der Waals surface area contributed by atoms with Crippen LogP contribution in [-0.2, 0) is 19.2 Å². The van der Waals surface area contributed by atoms with Gasteiger partial charge >= 0.3 is 5.97 Å². The van der Waals surface area contributed by atoms with Crippen LogP contribution >= 0.6 is 0 Å². The van der Waals surface area contributed by atoms with Gasteiger partial charge < -0.3 is 59.9 Å². The fourth-order valence-corrected chi connectivity index (χ4v) is 2.63. The van der Waals surface area contributed by atoms with Crippen LogP contribution in [0.25, 0.3) is 0 Å². The molecule has 0 spiro atoms. The summed E-state index contributed by atoms with van der Waals surface area (Å²) in [4.78, 5) is 56.0. The minimum absolute atomic E-state index is 0.0449. The van der Waals surface area contributed by atoms with Crippen molar-refractivity contribution >= 4 is 35.6 Å². The van der Waals surface area contributed by atoms with Crippen LogP contribution in [0, 0.1) is 0 Å². The first-order chi connectivity index (χ1) is 16.4. The highest BCUT2D eigenvalue weighted by Gasteiger charge is 2.29. The number of rotatable bonds is 17. The minimum atomic E-state index is -1.64. The number of nitrogens with zero attached hydrogens (tertiary/aromatic N) is 2. The molecule has 0 bridgehead atoms. The number of hydrogen-bond donors (Lipinski definition) is 11. The number of carboxylic acid groups (broad SMARTS) is 1. The number of nitrogens with two attached hydrogens (primary N) is 5. The largest absolute Gasteiger partial charge is 0.480 e. The van der Waals surface area contributed by atoms with E-state index in [9.17, 15) is 24.3 Å². The fraction of sp³-hybridized carbons (Fsp3) is 0.667. The van der Waals surface area contributed by atoms with Crippen LogP contribution in [-0.4, -0.2) is 101 Å². The van der Waals surface area contributed by atoms with Gasteiger partial charge in [-0.05, 0) is 25.7 Å². The van der Waals surface area contributed by atoms with E-state index >= 15 is 0 Å². The molecule has 0 aliphatic carbocycles. The van der Waals surface area contributed by atoms with E-state index in [0.29, 0.717) is 6.42 Å². The van der Waals surface area contributed by atoms with Crippen molar-refractivity contribution in [1.29, 1.82) is 0 Å². The van der Waals surface area contributed by atoms with Gasteiger partial charge in [-0.2, -0.15) is 0 Å². The Labute approximate surface area is 201 Å². The Kier molecular flexibility index (Phi) is 15.1. The van der Waals surface area contributed by atoms with Crippen LogP contribution in [0.15, 0.2) is 9.98 Å². The van der Waals surface area contributed by atoms with Crippen molar-refractivity contribution < 1.29 is 34.5 Å². The monoisotopic (exact) mass is 504 g/mol. The summed E-state index contributed by atoms with van der Waals surface area (Å²) in [6.07, 6.45) is 0.918. The number of aliphatic imine (C=N–C) groups is 2. The molecule has 0 radical (unpaired) electrons. The number of carbonyl (C=O) groups excluding carboxylic acids is 3. The predicted octanol–water partition coefficient (Wildman–Crippen LogP) is -6.06. The zero-order valence-corrected chi connectivity index (χ0v) is 19.2. The third kappa shape index (κ3) is 13.6. The fourth-order valence-electron chi connectivity index (χ4n) is 2.63. The van der Waals surface area contributed by atoms with Crippen molar-refractivity contribution in [2.45, 2.75) is 49.9 Å². The lowest BCUT2D eigenvalue weighted by molar-refractivity contribution is -0.143. The molecular weight excluding hydrogens is 468 g/mol. The lowest BCUT2D eigenvalue weighted by Gasteiger charge is -2.24. The molecule has 17 nitrogen and oxygen atoms in total. The van der Waals surface area contributed by atoms with E-state index in [1.165, 1.54) is 0 Å². The number of carboxylic acids is 1. The lowest BCUT2D eigenvalue weighted by Crippen LogP contribution is -2.58. The van der Waals surface area contributed by atoms with Gasteiger partial charge in [0.1, 0.15) is 18.1 Å². The van der Waals surface area contributed by atoms with E-state index in [2.05, 4.69) is 20.6 Å². The van der Waals surface area contributed by atoms with Crippen molar-refractivity contribution in [3.05, 3.63) is 0 Å². The smallest absolute Gasteiger partial charge is 0.328 e. The SMILES string of the molecule is NC(N)=NCCCC(N)C(=O)NC(CCCN=C(N)N)C(=O)NC(CO)C(=O)NC(CO)C(=O)O. The molecule has 0 heterocycles. The van der Waals surface area contributed by atoms with E-state index in [1.54, 1.807) is 0 Å². The molecule has 0 saturated carbocycles. The maximum absolute atomic E-state index is 12.8. The highest BCUT2D eigenvalue weighted by molar-refractivity contribution is 5.94. The first-order valence-corrected chi connectivity index (χ1v) is 10.6. The normalized spacial score (nSPS) is 13.9. The molecule has 0 saturated heterocycles. The third-order valence-corrected chi connectivity index (χ3v) is 4.50. The van der Waals surface area contributed by atoms with Crippen LogP contribution in [0.2, 0.25) is 0 Å². The summed E-state index contributed by atoms with van der Waals surface area (Å²) in [5.41, 5.74) is 26.8. The quantitative estimate of drug-likeness (QED) is 0.0500. The average Bonchev–Trinajstić information content (AvgIpc) is 2.79. The molecule has 0 aromatic rings. The Morgan fingerprint density at radius 3 is 1.57 bits per heavy atom. The highest BCUT2D eigenvalue weighted by Crippen LogP contribution is 2.03. The molecule has 16 N–H and O–H groups in total. The van der Waals surface area contributed by atoms with Crippen molar-refractivity contribution in [3.63, 3.8) is 0 Å². The summed E-state index contributed by atoms with van der Waals surface area (Å²) >= 11 is 0. The van der Waals surface area contributed by atoms with Crippen LogP contribution in [0.5, 0.6) is 0 Å². The minimum Gasteiger partial charge on any atom is -0.480 e. The second-order valence-corrected chi connectivity index (χ2v) is 7.39. The third-order valence-electron chi connectivity index (χ3n) is 4.50. The number of carbonyl (C=O) groups is 4. The van der Waals surface area contributed by atoms with Crippen LogP contribution in [0.1, 0.15) is 25.7 Å². The molecule has 0 rings (SSSR count). The molecule has 0 fully saturated rings. The van der Waals surface area contributed by atoms with E-state index in [0.717, 1.165) is 0 Å². The lowest BCUT2D eigenvalue weighted by atomic mass is 10.1. The zero-order valence-electron chi connectivity index (χ0n) is 19.2. The van der Waals surface area contributed by atoms with Gasteiger partial charge in [-0.15, -0.1) is 0 Å². The Hall–Kier alpha value is -3.70. The molecule has 0 aromatic heterocycles. The van der Waals surface area contributed by atoms with E-state index in [-0.39, 0.29) is 44.3 Å². The topological polar surface area (TPSA) is 320 Å². The predicted molar refractivity (Wildman–Crippen MR) is 125 cm³/mol. The number of hydrogen-bond acceptors (Lipinski definition) is 9. The number of aliphatic hydroxyl groups excluding tert-OH is 2. The van der Waals surface area contributed by atoms with Crippen molar-refractivity contribution in [1.82, 2.24) is 16.0 Å². The summed E-state index contributed by atoms with van der Waals surface area (Å²) in [6.45, 7) is -1.39. The molecule has 0 aliphatic rings. The summed E-state index contributed by atoms with van der Waals surface area (Å²) in [5, 5.41) is 34.1. The summed E-state index contributed by atoms with van der Waals surface area (Å²) in [6, 6.07) is -5.37. The molecule has 17 heteroatoms. The zero-order chi connectivity index (χ0) is 27.0. The van der Waals surface area contributed by atoms with Crippen LogP contribution < -0.4 is 44.6 Å². The molecular formula is C18H36N10O7. The first kappa shape index (κ1) is 31.3. The molecule has 200 valence electrons. The standard InChI is InChI=1S/C18H36N10O7/c19-9(3-1-5-24-17(20)21)13(31)26-10(4-2-6-25-18(22)23)14(32)27-11(7-29)15(33)28-12(8-30)16(34)35/h9-12,29-30H,1-8,19H2,(H,26,31)(H,27,32)(H,28,33)(H,34,35)(H4,20,21,24)(H4,22,23,25). The first-order valence-electron chi connectivity index (χ1n) is 10.6. The van der Waals surface area contributed by atoms with E-state index in [1.807, 2.05) is 5.32 Å². The molecule has 35 heavy (non-hydrogen) atoms. The summed E-state index contributed by atoms with van der Waals surface area (Å²) in [7, 11) is 0. The molecule has 0 aliphatic heterocycles. The number of amides is 3. The van der Waals surface area contributed by atoms with Crippen LogP contribution in [0.4, 0.5) is 0 Å².